The fraction of sp³-hybridized carbons (Fsp3) is 0.526. The van der Waals surface area contributed by atoms with E-state index in [2.05, 4.69) is 29.4 Å². The lowest BCUT2D eigenvalue weighted by molar-refractivity contribution is 0.101. The summed E-state index contributed by atoms with van der Waals surface area (Å²) in [5, 5.41) is 12.4. The molecule has 1 aromatic carbocycles. The van der Waals surface area contributed by atoms with E-state index in [1.165, 1.54) is 17.4 Å². The number of carbonyl (C=O) groups excluding carboxylic acids is 1. The van der Waals surface area contributed by atoms with E-state index in [0.717, 1.165) is 17.8 Å². The summed E-state index contributed by atoms with van der Waals surface area (Å²) in [6.07, 6.45) is 1.82. The average Bonchev–Trinajstić information content (AvgIpc) is 3.13. The summed E-state index contributed by atoms with van der Waals surface area (Å²) in [5.41, 5.74) is 0.368. The van der Waals surface area contributed by atoms with E-state index < -0.39 is 10.0 Å². The third-order valence-electron chi connectivity index (χ3n) is 4.80. The van der Waals surface area contributed by atoms with Gasteiger partial charge < -0.3 is 5.32 Å². The van der Waals surface area contributed by atoms with Crippen molar-refractivity contribution in [2.24, 2.45) is 11.8 Å². The number of carbonyl (C=O) groups is 1. The third-order valence-corrected chi connectivity index (χ3v) is 7.65. The van der Waals surface area contributed by atoms with Crippen molar-refractivity contribution in [3.05, 3.63) is 34.8 Å². The molecule has 2 aromatic rings. The number of piperidine rings is 1. The van der Waals surface area contributed by atoms with Crippen LogP contribution in [0.1, 0.15) is 42.6 Å². The van der Waals surface area contributed by atoms with Gasteiger partial charge in [0.15, 0.2) is 5.78 Å². The van der Waals surface area contributed by atoms with E-state index in [1.807, 2.05) is 6.92 Å². The highest BCUT2D eigenvalue weighted by Gasteiger charge is 2.31. The van der Waals surface area contributed by atoms with Gasteiger partial charge in [-0.25, -0.2) is 8.42 Å². The molecule has 0 radical (unpaired) electrons. The van der Waals surface area contributed by atoms with E-state index in [0.29, 0.717) is 35.6 Å². The lowest BCUT2D eigenvalue weighted by atomic mass is 9.94. The van der Waals surface area contributed by atoms with Crippen LogP contribution in [0.3, 0.4) is 0 Å². The fourth-order valence-corrected chi connectivity index (χ4v) is 5.91. The van der Waals surface area contributed by atoms with Crippen LogP contribution in [0.5, 0.6) is 0 Å². The zero-order chi connectivity index (χ0) is 20.3. The molecule has 1 saturated heterocycles. The van der Waals surface area contributed by atoms with Gasteiger partial charge in [-0.2, -0.15) is 4.31 Å². The molecule has 1 aliphatic rings. The third kappa shape index (κ3) is 4.76. The Kier molecular flexibility index (Phi) is 6.47. The topological polar surface area (TPSA) is 92.3 Å². The van der Waals surface area contributed by atoms with Crippen LogP contribution < -0.4 is 5.32 Å². The van der Waals surface area contributed by atoms with Gasteiger partial charge in [-0.1, -0.05) is 44.2 Å². The first-order valence-electron chi connectivity index (χ1n) is 9.49. The quantitative estimate of drug-likeness (QED) is 0.690. The lowest BCUT2D eigenvalue weighted by Crippen LogP contribution is -2.42. The highest BCUT2D eigenvalue weighted by molar-refractivity contribution is 7.89. The molecule has 3 rings (SSSR count). The number of aromatic nitrogens is 2. The molecule has 28 heavy (non-hydrogen) atoms. The standard InChI is InChI=1S/C19H26N4O3S2/c1-4-18-21-22-19(27-18)20-10-17(24)15-6-5-7-16(9-15)28(25,26)23-11-13(2)8-14(3)12-23/h5-7,9,13-14H,4,8,10-12H2,1-3H3,(H,20,22). The number of nitrogens with one attached hydrogen (secondary N) is 1. The number of hydrogen-bond donors (Lipinski definition) is 1. The first-order valence-corrected chi connectivity index (χ1v) is 11.7. The molecule has 0 spiro atoms. The van der Waals surface area contributed by atoms with Crippen molar-refractivity contribution in [1.29, 1.82) is 0 Å². The Bertz CT molecular complexity index is 932. The van der Waals surface area contributed by atoms with Crippen molar-refractivity contribution in [1.82, 2.24) is 14.5 Å². The molecular weight excluding hydrogens is 396 g/mol. The number of Topliss-reactive ketones (excluding diaryl/α,β-unsaturated/α-hetero) is 1. The van der Waals surface area contributed by atoms with Crippen LogP contribution in [-0.4, -0.2) is 48.3 Å². The van der Waals surface area contributed by atoms with Crippen molar-refractivity contribution in [2.45, 2.75) is 38.5 Å². The molecule has 1 fully saturated rings. The van der Waals surface area contributed by atoms with Crippen molar-refractivity contribution in [3.63, 3.8) is 0 Å². The van der Waals surface area contributed by atoms with Gasteiger partial charge in [0, 0.05) is 18.7 Å². The minimum atomic E-state index is -3.61. The number of nitrogens with zero attached hydrogens (tertiary/aromatic N) is 3. The highest BCUT2D eigenvalue weighted by Crippen LogP contribution is 2.27. The molecule has 0 bridgehead atoms. The summed E-state index contributed by atoms with van der Waals surface area (Å²) in [7, 11) is -3.61. The zero-order valence-electron chi connectivity index (χ0n) is 16.4. The molecule has 1 aromatic heterocycles. The van der Waals surface area contributed by atoms with Crippen molar-refractivity contribution >= 4 is 32.3 Å². The Morgan fingerprint density at radius 1 is 1.25 bits per heavy atom. The second-order valence-corrected chi connectivity index (χ2v) is 10.4. The number of ketones is 1. The molecule has 152 valence electrons. The van der Waals surface area contributed by atoms with Crippen LogP contribution >= 0.6 is 11.3 Å². The van der Waals surface area contributed by atoms with Crippen LogP contribution in [0.25, 0.3) is 0 Å². The van der Waals surface area contributed by atoms with E-state index in [1.54, 1.807) is 22.5 Å². The molecule has 1 aliphatic heterocycles. The summed E-state index contributed by atoms with van der Waals surface area (Å²) < 4.78 is 27.6. The molecule has 2 unspecified atom stereocenters. The fourth-order valence-electron chi connectivity index (χ4n) is 3.51. The van der Waals surface area contributed by atoms with Crippen LogP contribution in [0.15, 0.2) is 29.2 Å². The first-order chi connectivity index (χ1) is 13.3. The Balaban J connectivity index is 1.72. The Morgan fingerprint density at radius 3 is 2.61 bits per heavy atom. The van der Waals surface area contributed by atoms with E-state index in [4.69, 9.17) is 0 Å². The summed E-state index contributed by atoms with van der Waals surface area (Å²) in [6, 6.07) is 6.29. The zero-order valence-corrected chi connectivity index (χ0v) is 18.0. The van der Waals surface area contributed by atoms with Gasteiger partial charge in [0.1, 0.15) is 5.01 Å². The number of aryl methyl sites for hydroxylation is 1. The maximum atomic E-state index is 13.1. The Labute approximate surface area is 170 Å². The molecule has 2 heterocycles. The second-order valence-electron chi connectivity index (χ2n) is 7.43. The molecule has 9 heteroatoms. The molecule has 1 N–H and O–H groups in total. The minimum absolute atomic E-state index is 0.0413. The number of sulfonamides is 1. The molecule has 0 amide bonds. The average molecular weight is 423 g/mol. The smallest absolute Gasteiger partial charge is 0.243 e. The van der Waals surface area contributed by atoms with Crippen LogP contribution in [0.2, 0.25) is 0 Å². The monoisotopic (exact) mass is 422 g/mol. The van der Waals surface area contributed by atoms with Gasteiger partial charge in [-0.05, 0) is 36.8 Å². The number of benzene rings is 1. The van der Waals surface area contributed by atoms with Crippen molar-refractivity contribution < 1.29 is 13.2 Å². The summed E-state index contributed by atoms with van der Waals surface area (Å²) in [6.45, 7) is 7.21. The normalized spacial score (nSPS) is 20.8. The van der Waals surface area contributed by atoms with Gasteiger partial charge in [-0.15, -0.1) is 10.2 Å². The molecule has 7 nitrogen and oxygen atoms in total. The van der Waals surface area contributed by atoms with Gasteiger partial charge in [0.2, 0.25) is 15.2 Å². The second kappa shape index (κ2) is 8.67. The molecule has 0 aliphatic carbocycles. The maximum Gasteiger partial charge on any atom is 0.243 e. The summed E-state index contributed by atoms with van der Waals surface area (Å²) in [4.78, 5) is 12.7. The van der Waals surface area contributed by atoms with Crippen LogP contribution in [0, 0.1) is 11.8 Å². The summed E-state index contributed by atoms with van der Waals surface area (Å²) >= 11 is 1.41. The number of hydrogen-bond acceptors (Lipinski definition) is 7. The van der Waals surface area contributed by atoms with Gasteiger partial charge >= 0.3 is 0 Å². The highest BCUT2D eigenvalue weighted by atomic mass is 32.2. The van der Waals surface area contributed by atoms with Crippen LogP contribution in [-0.2, 0) is 16.4 Å². The first kappa shape index (κ1) is 20.9. The SMILES string of the molecule is CCc1nnc(NCC(=O)c2cccc(S(=O)(=O)N3CC(C)CC(C)C3)c2)s1. The van der Waals surface area contributed by atoms with Gasteiger partial charge in [-0.3, -0.25) is 4.79 Å². The van der Waals surface area contributed by atoms with Gasteiger partial charge in [0.05, 0.1) is 11.4 Å². The molecular formula is C19H26N4O3S2. The maximum absolute atomic E-state index is 13.1. The van der Waals surface area contributed by atoms with E-state index in [-0.39, 0.29) is 17.2 Å². The predicted molar refractivity (Wildman–Crippen MR) is 110 cm³/mol. The van der Waals surface area contributed by atoms with E-state index in [9.17, 15) is 13.2 Å². The molecule has 0 saturated carbocycles. The summed E-state index contributed by atoms with van der Waals surface area (Å²) in [5.74, 6) is 0.464. The van der Waals surface area contributed by atoms with Crippen molar-refractivity contribution in [3.8, 4) is 0 Å². The Morgan fingerprint density at radius 2 is 1.96 bits per heavy atom. The largest absolute Gasteiger partial charge is 0.353 e. The number of rotatable bonds is 7. The minimum Gasteiger partial charge on any atom is -0.353 e. The van der Waals surface area contributed by atoms with Crippen molar-refractivity contribution in [2.75, 3.05) is 25.0 Å². The molecule has 2 atom stereocenters. The van der Waals surface area contributed by atoms with E-state index >= 15 is 0 Å². The Hall–Kier alpha value is -1.84. The number of anilines is 1. The van der Waals surface area contributed by atoms with Crippen LogP contribution in [0.4, 0.5) is 5.13 Å². The predicted octanol–water partition coefficient (Wildman–Crippen LogP) is 3.06. The van der Waals surface area contributed by atoms with Gasteiger partial charge in [0.25, 0.3) is 0 Å². The lowest BCUT2D eigenvalue weighted by Gasteiger charge is -2.34.